The Morgan fingerprint density at radius 2 is 2.00 bits per heavy atom. The van der Waals surface area contributed by atoms with Gasteiger partial charge in [-0.05, 0) is 43.7 Å². The van der Waals surface area contributed by atoms with Gasteiger partial charge in [-0.3, -0.25) is 0 Å². The number of carbonyl (C=O) groups is 2. The zero-order valence-electron chi connectivity index (χ0n) is 12.1. The summed E-state index contributed by atoms with van der Waals surface area (Å²) in [4.78, 5) is 26.3. The van der Waals surface area contributed by atoms with Gasteiger partial charge in [0.1, 0.15) is 5.69 Å². The van der Waals surface area contributed by atoms with Crippen molar-refractivity contribution in [1.29, 1.82) is 0 Å². The van der Waals surface area contributed by atoms with Gasteiger partial charge in [-0.25, -0.2) is 14.6 Å². The van der Waals surface area contributed by atoms with Crippen LogP contribution in [0.4, 0.5) is 10.5 Å². The molecule has 1 aromatic heterocycles. The molecule has 0 saturated heterocycles. The van der Waals surface area contributed by atoms with Crippen LogP contribution in [0.2, 0.25) is 0 Å². The Balaban J connectivity index is 1.80. The molecule has 0 radical (unpaired) electrons. The van der Waals surface area contributed by atoms with Gasteiger partial charge in [0, 0.05) is 6.04 Å². The standard InChI is InChI=1S/C15H21N3O3/c1-2-10-3-5-11(6-4-10)17-15(21)18-12-7-8-13(14(19)20)16-9-12/h7-11H,2-6H2,1H3,(H,19,20)(H2,17,18,21). The first-order chi connectivity index (χ1) is 10.1. The number of nitrogens with one attached hydrogen (secondary N) is 2. The Morgan fingerprint density at radius 1 is 1.29 bits per heavy atom. The second-order valence-electron chi connectivity index (χ2n) is 5.46. The van der Waals surface area contributed by atoms with Gasteiger partial charge in [0.2, 0.25) is 0 Å². The van der Waals surface area contributed by atoms with Crippen molar-refractivity contribution < 1.29 is 14.7 Å². The number of carbonyl (C=O) groups excluding carboxylic acids is 1. The summed E-state index contributed by atoms with van der Waals surface area (Å²) in [6.07, 6.45) is 6.91. The lowest BCUT2D eigenvalue weighted by Crippen LogP contribution is -2.40. The SMILES string of the molecule is CCC1CCC(NC(=O)Nc2ccc(C(=O)O)nc2)CC1. The number of amides is 2. The van der Waals surface area contributed by atoms with Crippen LogP contribution in [0.25, 0.3) is 0 Å². The average Bonchev–Trinajstić information content (AvgIpc) is 2.48. The van der Waals surface area contributed by atoms with Gasteiger partial charge < -0.3 is 15.7 Å². The first-order valence-corrected chi connectivity index (χ1v) is 7.35. The first kappa shape index (κ1) is 15.3. The minimum Gasteiger partial charge on any atom is -0.477 e. The monoisotopic (exact) mass is 291 g/mol. The van der Waals surface area contributed by atoms with Crippen molar-refractivity contribution in [3.8, 4) is 0 Å². The zero-order valence-corrected chi connectivity index (χ0v) is 12.1. The third kappa shape index (κ3) is 4.44. The van der Waals surface area contributed by atoms with Crippen LogP contribution in [-0.2, 0) is 0 Å². The highest BCUT2D eigenvalue weighted by Crippen LogP contribution is 2.26. The largest absolute Gasteiger partial charge is 0.477 e. The summed E-state index contributed by atoms with van der Waals surface area (Å²) in [7, 11) is 0. The second-order valence-corrected chi connectivity index (χ2v) is 5.46. The van der Waals surface area contributed by atoms with E-state index in [9.17, 15) is 9.59 Å². The molecule has 0 aromatic carbocycles. The zero-order chi connectivity index (χ0) is 15.2. The molecule has 21 heavy (non-hydrogen) atoms. The van der Waals surface area contributed by atoms with Gasteiger partial charge in [0.05, 0.1) is 11.9 Å². The summed E-state index contributed by atoms with van der Waals surface area (Å²) >= 11 is 0. The van der Waals surface area contributed by atoms with Crippen molar-refractivity contribution in [3.63, 3.8) is 0 Å². The molecule has 6 heteroatoms. The van der Waals surface area contributed by atoms with Gasteiger partial charge in [0.15, 0.2) is 0 Å². The lowest BCUT2D eigenvalue weighted by molar-refractivity contribution is 0.0690. The maximum atomic E-state index is 11.9. The van der Waals surface area contributed by atoms with Crippen molar-refractivity contribution in [2.45, 2.75) is 45.1 Å². The quantitative estimate of drug-likeness (QED) is 0.795. The van der Waals surface area contributed by atoms with E-state index in [0.29, 0.717) is 5.69 Å². The van der Waals surface area contributed by atoms with Crippen molar-refractivity contribution in [2.75, 3.05) is 5.32 Å². The summed E-state index contributed by atoms with van der Waals surface area (Å²) in [5, 5.41) is 14.4. The van der Waals surface area contributed by atoms with Crippen LogP contribution in [-0.4, -0.2) is 28.1 Å². The van der Waals surface area contributed by atoms with Crippen molar-refractivity contribution in [2.24, 2.45) is 5.92 Å². The van der Waals surface area contributed by atoms with Gasteiger partial charge in [-0.2, -0.15) is 0 Å². The number of nitrogens with zero attached hydrogens (tertiary/aromatic N) is 1. The summed E-state index contributed by atoms with van der Waals surface area (Å²) in [6.45, 7) is 2.21. The number of rotatable bonds is 4. The Kier molecular flexibility index (Phi) is 5.14. The van der Waals surface area contributed by atoms with E-state index < -0.39 is 5.97 Å². The Hall–Kier alpha value is -2.11. The maximum Gasteiger partial charge on any atom is 0.354 e. The smallest absolute Gasteiger partial charge is 0.354 e. The number of carboxylic acid groups (broad SMARTS) is 1. The van der Waals surface area contributed by atoms with E-state index in [0.717, 1.165) is 31.6 Å². The van der Waals surface area contributed by atoms with Crippen molar-refractivity contribution in [3.05, 3.63) is 24.0 Å². The molecule has 1 aliphatic carbocycles. The van der Waals surface area contributed by atoms with E-state index in [2.05, 4.69) is 22.5 Å². The first-order valence-electron chi connectivity index (χ1n) is 7.35. The maximum absolute atomic E-state index is 11.9. The highest BCUT2D eigenvalue weighted by Gasteiger charge is 2.21. The number of aromatic carboxylic acids is 1. The van der Waals surface area contributed by atoms with Gasteiger partial charge in [-0.15, -0.1) is 0 Å². The number of hydrogen-bond acceptors (Lipinski definition) is 3. The van der Waals surface area contributed by atoms with Crippen LogP contribution in [0.1, 0.15) is 49.5 Å². The molecular weight excluding hydrogens is 270 g/mol. The summed E-state index contributed by atoms with van der Waals surface area (Å²) < 4.78 is 0. The van der Waals surface area contributed by atoms with Crippen LogP contribution in [0.15, 0.2) is 18.3 Å². The van der Waals surface area contributed by atoms with Crippen molar-refractivity contribution >= 4 is 17.7 Å². The third-order valence-electron chi connectivity index (χ3n) is 4.00. The Bertz CT molecular complexity index is 493. The molecule has 0 spiro atoms. The van der Waals surface area contributed by atoms with E-state index in [-0.39, 0.29) is 17.8 Å². The Morgan fingerprint density at radius 3 is 2.52 bits per heavy atom. The normalized spacial score (nSPS) is 21.6. The van der Waals surface area contributed by atoms with E-state index in [1.165, 1.54) is 24.8 Å². The number of carboxylic acids is 1. The molecule has 0 bridgehead atoms. The highest BCUT2D eigenvalue weighted by atomic mass is 16.4. The van der Waals surface area contributed by atoms with E-state index in [4.69, 9.17) is 5.11 Å². The number of hydrogen-bond donors (Lipinski definition) is 3. The van der Waals surface area contributed by atoms with Crippen molar-refractivity contribution in [1.82, 2.24) is 10.3 Å². The molecule has 1 aliphatic rings. The third-order valence-corrected chi connectivity index (χ3v) is 4.00. The van der Waals surface area contributed by atoms with E-state index >= 15 is 0 Å². The van der Waals surface area contributed by atoms with E-state index in [1.807, 2.05) is 0 Å². The summed E-state index contributed by atoms with van der Waals surface area (Å²) in [5.41, 5.74) is 0.443. The molecule has 1 aromatic rings. The van der Waals surface area contributed by atoms with Gasteiger partial charge in [-0.1, -0.05) is 13.3 Å². The Labute approximate surface area is 124 Å². The fourth-order valence-corrected chi connectivity index (χ4v) is 2.66. The predicted octanol–water partition coefficient (Wildman–Crippen LogP) is 2.87. The van der Waals surface area contributed by atoms with Crippen LogP contribution in [0, 0.1) is 5.92 Å². The molecule has 2 rings (SSSR count). The van der Waals surface area contributed by atoms with Crippen LogP contribution in [0.5, 0.6) is 0 Å². The highest BCUT2D eigenvalue weighted by molar-refractivity contribution is 5.90. The second kappa shape index (κ2) is 7.06. The molecule has 0 aliphatic heterocycles. The number of urea groups is 1. The summed E-state index contributed by atoms with van der Waals surface area (Å²) in [6, 6.07) is 2.85. The predicted molar refractivity (Wildman–Crippen MR) is 79.4 cm³/mol. The molecule has 1 saturated carbocycles. The fraction of sp³-hybridized carbons (Fsp3) is 0.533. The lowest BCUT2D eigenvalue weighted by atomic mass is 9.85. The topological polar surface area (TPSA) is 91.3 Å². The minimum atomic E-state index is -1.08. The fourth-order valence-electron chi connectivity index (χ4n) is 2.66. The number of aromatic nitrogens is 1. The minimum absolute atomic E-state index is 0.0427. The molecule has 3 N–H and O–H groups in total. The summed E-state index contributed by atoms with van der Waals surface area (Å²) in [5.74, 6) is -0.294. The van der Waals surface area contributed by atoms with Crippen LogP contribution >= 0.6 is 0 Å². The molecule has 0 unspecified atom stereocenters. The molecule has 1 heterocycles. The molecule has 2 amide bonds. The number of pyridine rings is 1. The lowest BCUT2D eigenvalue weighted by Gasteiger charge is -2.28. The average molecular weight is 291 g/mol. The van der Waals surface area contributed by atoms with Gasteiger partial charge in [0.25, 0.3) is 0 Å². The molecule has 114 valence electrons. The molecule has 1 fully saturated rings. The van der Waals surface area contributed by atoms with E-state index in [1.54, 1.807) is 0 Å². The van der Waals surface area contributed by atoms with Crippen LogP contribution < -0.4 is 10.6 Å². The van der Waals surface area contributed by atoms with Gasteiger partial charge >= 0.3 is 12.0 Å². The molecule has 6 nitrogen and oxygen atoms in total. The number of anilines is 1. The molecule has 0 atom stereocenters. The molecular formula is C15H21N3O3. The van der Waals surface area contributed by atoms with Crippen LogP contribution in [0.3, 0.4) is 0 Å².